The maximum absolute atomic E-state index is 12.8. The predicted molar refractivity (Wildman–Crippen MR) is 54.8 cm³/mol. The molecule has 0 bridgehead atoms. The first-order valence-electron chi connectivity index (χ1n) is 5.23. The molecule has 1 fully saturated rings. The monoisotopic (exact) mass is 216 g/mol. The summed E-state index contributed by atoms with van der Waals surface area (Å²) in [6, 6.07) is -0.540. The van der Waals surface area contributed by atoms with Gasteiger partial charge in [-0.1, -0.05) is 5.11 Å². The van der Waals surface area contributed by atoms with Crippen LogP contribution in [0.5, 0.6) is 0 Å². The van der Waals surface area contributed by atoms with Gasteiger partial charge in [0.25, 0.3) is 0 Å². The quantitative estimate of drug-likeness (QED) is 0.423. The van der Waals surface area contributed by atoms with E-state index >= 15 is 0 Å². The third-order valence-corrected chi connectivity index (χ3v) is 2.98. The van der Waals surface area contributed by atoms with Crippen LogP contribution >= 0.6 is 0 Å². The highest BCUT2D eigenvalue weighted by molar-refractivity contribution is 4.84. The highest BCUT2D eigenvalue weighted by atomic mass is 19.1. The summed E-state index contributed by atoms with van der Waals surface area (Å²) in [4.78, 5) is 2.59. The van der Waals surface area contributed by atoms with Crippen LogP contribution in [0.25, 0.3) is 10.4 Å². The number of hydrogen-bond donors (Lipinski definition) is 2. The first kappa shape index (κ1) is 12.2. The summed E-state index contributed by atoms with van der Waals surface area (Å²) in [5.41, 5.74) is 13.8. The van der Waals surface area contributed by atoms with E-state index in [1.54, 1.807) is 0 Å². The van der Waals surface area contributed by atoms with Gasteiger partial charge in [0.15, 0.2) is 0 Å². The van der Waals surface area contributed by atoms with E-state index in [4.69, 9.17) is 11.3 Å². The van der Waals surface area contributed by atoms with Gasteiger partial charge in [-0.05, 0) is 37.1 Å². The number of nitrogens with two attached hydrogens (primary N) is 1. The Bertz CT molecular complexity index is 236. The lowest BCUT2D eigenvalue weighted by molar-refractivity contribution is 0.0495. The summed E-state index contributed by atoms with van der Waals surface area (Å²) < 4.78 is 12.8. The molecule has 0 heterocycles. The van der Waals surface area contributed by atoms with Gasteiger partial charge >= 0.3 is 0 Å². The van der Waals surface area contributed by atoms with Gasteiger partial charge in [0.2, 0.25) is 0 Å². The fraction of sp³-hybridized carbons (Fsp3) is 1.00. The fourth-order valence-electron chi connectivity index (χ4n) is 2.01. The minimum Gasteiger partial charge on any atom is -0.391 e. The minimum absolute atomic E-state index is 0.0425. The minimum atomic E-state index is -0.734. The van der Waals surface area contributed by atoms with Gasteiger partial charge in [-0.3, -0.25) is 0 Å². The molecule has 0 unspecified atom stereocenters. The van der Waals surface area contributed by atoms with Crippen molar-refractivity contribution in [1.82, 2.24) is 0 Å². The molecule has 0 amide bonds. The molecule has 0 aromatic rings. The van der Waals surface area contributed by atoms with Gasteiger partial charge in [0.1, 0.15) is 6.17 Å². The molecular formula is C9H17FN4O. The average Bonchev–Trinajstić information content (AvgIpc) is 2.26. The Morgan fingerprint density at radius 3 is 2.60 bits per heavy atom. The zero-order valence-corrected chi connectivity index (χ0v) is 8.59. The van der Waals surface area contributed by atoms with Crippen LogP contribution in [-0.4, -0.2) is 30.0 Å². The zero-order chi connectivity index (χ0) is 11.3. The summed E-state index contributed by atoms with van der Waals surface area (Å²) in [6.45, 7) is 0.0905. The van der Waals surface area contributed by atoms with E-state index in [2.05, 4.69) is 10.0 Å². The predicted octanol–water partition coefficient (Wildman–Crippen LogP) is 1.51. The SMILES string of the molecule is [N-]=[N+]=NC[C@@H](N)[C@@H](O)C1CCC(F)CC1. The van der Waals surface area contributed by atoms with Gasteiger partial charge in [0.05, 0.1) is 6.10 Å². The van der Waals surface area contributed by atoms with Crippen LogP contribution in [0.2, 0.25) is 0 Å². The summed E-state index contributed by atoms with van der Waals surface area (Å²) in [6.07, 6.45) is 0.884. The molecule has 1 aliphatic carbocycles. The van der Waals surface area contributed by atoms with Crippen molar-refractivity contribution in [2.24, 2.45) is 16.8 Å². The van der Waals surface area contributed by atoms with Gasteiger partial charge in [-0.25, -0.2) is 4.39 Å². The van der Waals surface area contributed by atoms with E-state index in [1.807, 2.05) is 0 Å². The van der Waals surface area contributed by atoms with Crippen molar-refractivity contribution in [3.63, 3.8) is 0 Å². The van der Waals surface area contributed by atoms with Crippen LogP contribution in [0.4, 0.5) is 4.39 Å². The second-order valence-corrected chi connectivity index (χ2v) is 4.08. The first-order chi connectivity index (χ1) is 7.15. The summed E-state index contributed by atoms with van der Waals surface area (Å²) in [5, 5.41) is 13.1. The largest absolute Gasteiger partial charge is 0.391 e. The first-order valence-corrected chi connectivity index (χ1v) is 5.23. The van der Waals surface area contributed by atoms with Crippen molar-refractivity contribution in [2.45, 2.75) is 44.0 Å². The van der Waals surface area contributed by atoms with Crippen LogP contribution in [0.1, 0.15) is 25.7 Å². The molecule has 15 heavy (non-hydrogen) atoms. The molecule has 3 N–H and O–H groups in total. The highest BCUT2D eigenvalue weighted by Gasteiger charge is 2.29. The Morgan fingerprint density at radius 1 is 1.47 bits per heavy atom. The van der Waals surface area contributed by atoms with Crippen LogP contribution in [0.3, 0.4) is 0 Å². The van der Waals surface area contributed by atoms with E-state index in [1.165, 1.54) is 0 Å². The smallest absolute Gasteiger partial charge is 0.100 e. The molecule has 2 atom stereocenters. The molecule has 5 nitrogen and oxygen atoms in total. The number of hydrogen-bond acceptors (Lipinski definition) is 3. The van der Waals surface area contributed by atoms with Crippen molar-refractivity contribution >= 4 is 0 Å². The molecule has 6 heteroatoms. The topological polar surface area (TPSA) is 95.0 Å². The van der Waals surface area contributed by atoms with Crippen LogP contribution in [-0.2, 0) is 0 Å². The van der Waals surface area contributed by atoms with Gasteiger partial charge in [0, 0.05) is 17.5 Å². The van der Waals surface area contributed by atoms with Crippen molar-refractivity contribution in [3.05, 3.63) is 10.4 Å². The molecule has 0 aliphatic heterocycles. The second kappa shape index (κ2) is 5.90. The molecule has 86 valence electrons. The molecule has 0 spiro atoms. The molecule has 0 aromatic heterocycles. The fourth-order valence-corrected chi connectivity index (χ4v) is 2.01. The summed E-state index contributed by atoms with van der Waals surface area (Å²) in [7, 11) is 0. The maximum Gasteiger partial charge on any atom is 0.100 e. The van der Waals surface area contributed by atoms with E-state index < -0.39 is 18.3 Å². The normalized spacial score (nSPS) is 30.3. The van der Waals surface area contributed by atoms with E-state index in [0.717, 1.165) is 0 Å². The molecule has 0 radical (unpaired) electrons. The van der Waals surface area contributed by atoms with Crippen LogP contribution < -0.4 is 5.73 Å². The van der Waals surface area contributed by atoms with E-state index in [0.29, 0.717) is 25.7 Å². The molecule has 0 aromatic carbocycles. The summed E-state index contributed by atoms with van der Waals surface area (Å²) >= 11 is 0. The Morgan fingerprint density at radius 2 is 2.07 bits per heavy atom. The third-order valence-electron chi connectivity index (χ3n) is 2.98. The maximum atomic E-state index is 12.8. The van der Waals surface area contributed by atoms with Crippen LogP contribution in [0.15, 0.2) is 5.11 Å². The molecule has 1 saturated carbocycles. The Balaban J connectivity index is 2.38. The van der Waals surface area contributed by atoms with Crippen molar-refractivity contribution < 1.29 is 9.50 Å². The summed E-state index contributed by atoms with van der Waals surface area (Å²) in [5.74, 6) is 0.0425. The van der Waals surface area contributed by atoms with E-state index in [-0.39, 0.29) is 12.5 Å². The number of nitrogens with zero attached hydrogens (tertiary/aromatic N) is 3. The zero-order valence-electron chi connectivity index (χ0n) is 8.59. The van der Waals surface area contributed by atoms with Gasteiger partial charge in [-0.2, -0.15) is 0 Å². The molecule has 1 rings (SSSR count). The number of azide groups is 1. The standard InChI is InChI=1S/C9H17FN4O/c10-7-3-1-6(2-4-7)9(15)8(11)5-13-14-12/h6-9,15H,1-5,11H2/t6?,7?,8-,9+/m1/s1. The Hall–Kier alpha value is -0.840. The lowest BCUT2D eigenvalue weighted by Crippen LogP contribution is -2.43. The lowest BCUT2D eigenvalue weighted by Gasteiger charge is -2.31. The van der Waals surface area contributed by atoms with Crippen LogP contribution in [0, 0.1) is 5.92 Å². The third kappa shape index (κ3) is 3.66. The lowest BCUT2D eigenvalue weighted by atomic mass is 9.82. The Kier molecular flexibility index (Phi) is 4.81. The number of halogens is 1. The second-order valence-electron chi connectivity index (χ2n) is 4.08. The average molecular weight is 216 g/mol. The van der Waals surface area contributed by atoms with Crippen molar-refractivity contribution in [3.8, 4) is 0 Å². The highest BCUT2D eigenvalue weighted by Crippen LogP contribution is 2.29. The molecule has 1 aliphatic rings. The van der Waals surface area contributed by atoms with Crippen molar-refractivity contribution in [2.75, 3.05) is 6.54 Å². The molecular weight excluding hydrogens is 199 g/mol. The number of alkyl halides is 1. The number of aliphatic hydroxyl groups is 1. The molecule has 0 saturated heterocycles. The number of aliphatic hydroxyl groups excluding tert-OH is 1. The Labute approximate surface area is 88.1 Å². The van der Waals surface area contributed by atoms with Crippen molar-refractivity contribution in [1.29, 1.82) is 0 Å². The van der Waals surface area contributed by atoms with Gasteiger partial charge < -0.3 is 10.8 Å². The van der Waals surface area contributed by atoms with E-state index in [9.17, 15) is 9.50 Å². The number of rotatable bonds is 4. The van der Waals surface area contributed by atoms with Gasteiger partial charge in [-0.15, -0.1) is 0 Å².